The number of amides is 5. The topological polar surface area (TPSA) is 106 Å². The second kappa shape index (κ2) is 15.4. The highest BCUT2D eigenvalue weighted by Crippen LogP contribution is 2.48. The molecular weight excluding hydrogens is 604 g/mol. The fourth-order valence-electron chi connectivity index (χ4n) is 9.68. The van der Waals surface area contributed by atoms with Crippen LogP contribution in [-0.2, 0) is 9.53 Å². The third-order valence-corrected chi connectivity index (χ3v) is 11.9. The summed E-state index contributed by atoms with van der Waals surface area (Å²) in [6.07, 6.45) is 10.6. The Morgan fingerprint density at radius 3 is 2.19 bits per heavy atom. The lowest BCUT2D eigenvalue weighted by atomic mass is 9.81. The smallest absolute Gasteiger partial charge is 0.320 e. The zero-order valence-electron chi connectivity index (χ0n) is 29.8. The van der Waals surface area contributed by atoms with E-state index in [9.17, 15) is 14.4 Å². The number of carbonyl (C=O) groups excluding carboxylic acids is 3. The monoisotopic (exact) mass is 664 g/mol. The van der Waals surface area contributed by atoms with Crippen LogP contribution in [0.15, 0.2) is 30.3 Å². The molecule has 1 saturated carbocycles. The van der Waals surface area contributed by atoms with Gasteiger partial charge in [-0.25, -0.2) is 9.59 Å². The summed E-state index contributed by atoms with van der Waals surface area (Å²) in [6.45, 7) is 12.6. The van der Waals surface area contributed by atoms with E-state index >= 15 is 0 Å². The molecule has 0 aromatic heterocycles. The van der Waals surface area contributed by atoms with Crippen molar-refractivity contribution in [3.05, 3.63) is 35.9 Å². The summed E-state index contributed by atoms with van der Waals surface area (Å²) >= 11 is 0. The summed E-state index contributed by atoms with van der Waals surface area (Å²) in [4.78, 5) is 46.8. The van der Waals surface area contributed by atoms with Crippen molar-refractivity contribution in [3.8, 4) is 0 Å². The minimum absolute atomic E-state index is 0.0283. The van der Waals surface area contributed by atoms with Gasteiger partial charge in [0.1, 0.15) is 0 Å². The van der Waals surface area contributed by atoms with Gasteiger partial charge in [0.05, 0.1) is 11.6 Å². The molecule has 5 fully saturated rings. The molecule has 4 saturated heterocycles. The molecule has 10 nitrogen and oxygen atoms in total. The van der Waals surface area contributed by atoms with Crippen molar-refractivity contribution in [3.63, 3.8) is 0 Å². The molecule has 0 radical (unpaired) electrons. The zero-order chi connectivity index (χ0) is 33.8. The molecule has 10 heteroatoms. The molecule has 4 aliphatic heterocycles. The fourth-order valence-corrected chi connectivity index (χ4v) is 9.68. The van der Waals surface area contributed by atoms with E-state index in [-0.39, 0.29) is 53.6 Å². The molecule has 1 aromatic carbocycles. The molecule has 6 rings (SSSR count). The van der Waals surface area contributed by atoms with E-state index < -0.39 is 0 Å². The number of nitrogens with zero attached hydrogens (tertiary/aromatic N) is 3. The van der Waals surface area contributed by atoms with Gasteiger partial charge in [-0.3, -0.25) is 9.69 Å². The minimum Gasteiger partial charge on any atom is -0.381 e. The number of hydrogen-bond donors (Lipinski definition) is 3. The Balaban J connectivity index is 1.07. The second-order valence-electron chi connectivity index (χ2n) is 16.0. The van der Waals surface area contributed by atoms with E-state index in [1.54, 1.807) is 0 Å². The molecule has 1 aliphatic carbocycles. The van der Waals surface area contributed by atoms with Crippen molar-refractivity contribution in [1.29, 1.82) is 0 Å². The summed E-state index contributed by atoms with van der Waals surface area (Å²) in [6, 6.07) is 11.8. The van der Waals surface area contributed by atoms with E-state index in [4.69, 9.17) is 4.74 Å². The fraction of sp³-hybridized carbons (Fsp3) is 0.763. The number of urea groups is 2. The average molecular weight is 665 g/mol. The first-order valence-electron chi connectivity index (χ1n) is 19.0. The lowest BCUT2D eigenvalue weighted by Gasteiger charge is -2.49. The zero-order valence-corrected chi connectivity index (χ0v) is 29.8. The number of piperidine rings is 1. The summed E-state index contributed by atoms with van der Waals surface area (Å²) in [5.74, 6) is 0.646. The van der Waals surface area contributed by atoms with Gasteiger partial charge in [-0.15, -0.1) is 0 Å². The number of benzene rings is 1. The third-order valence-electron chi connectivity index (χ3n) is 11.9. The van der Waals surface area contributed by atoms with Crippen molar-refractivity contribution >= 4 is 18.0 Å². The van der Waals surface area contributed by atoms with Crippen molar-refractivity contribution < 1.29 is 19.1 Å². The SMILES string of the molecule is CC(C)NC(=O)N[C@H]1CC[C@H](C(=O)N[C@@H](CCN2C3CCC2CC2(C3)CN(CC3CCOCC3)C(=O)N2C(C)C)c2ccccc2)CC1. The third kappa shape index (κ3) is 7.96. The maximum absolute atomic E-state index is 13.9. The second-order valence-corrected chi connectivity index (χ2v) is 16.0. The summed E-state index contributed by atoms with van der Waals surface area (Å²) < 4.78 is 5.60. The van der Waals surface area contributed by atoms with Crippen molar-refractivity contribution in [2.45, 2.75) is 140 Å². The molecule has 5 amide bonds. The van der Waals surface area contributed by atoms with Gasteiger partial charge in [-0.05, 0) is 110 Å². The van der Waals surface area contributed by atoms with Gasteiger partial charge in [-0.2, -0.15) is 0 Å². The predicted molar refractivity (Wildman–Crippen MR) is 187 cm³/mol. The van der Waals surface area contributed by atoms with Crippen LogP contribution in [0.3, 0.4) is 0 Å². The van der Waals surface area contributed by atoms with Crippen LogP contribution in [-0.4, -0.2) is 101 Å². The van der Waals surface area contributed by atoms with Gasteiger partial charge >= 0.3 is 12.1 Å². The van der Waals surface area contributed by atoms with E-state index in [1.807, 2.05) is 19.9 Å². The van der Waals surface area contributed by atoms with Crippen molar-refractivity contribution in [2.75, 3.05) is 32.8 Å². The van der Waals surface area contributed by atoms with E-state index in [1.165, 1.54) is 12.8 Å². The minimum atomic E-state index is -0.122. The summed E-state index contributed by atoms with van der Waals surface area (Å²) in [5.41, 5.74) is 1.07. The number of ether oxygens (including phenoxy) is 1. The number of hydrogen-bond acceptors (Lipinski definition) is 5. The molecule has 4 heterocycles. The van der Waals surface area contributed by atoms with Crippen molar-refractivity contribution in [1.82, 2.24) is 30.7 Å². The Bertz CT molecular complexity index is 1230. The number of fused-ring (bicyclic) bond motifs is 2. The maximum Gasteiger partial charge on any atom is 0.320 e. The average Bonchev–Trinajstić information content (AvgIpc) is 3.47. The van der Waals surface area contributed by atoms with Crippen LogP contribution in [0.5, 0.6) is 0 Å². The number of nitrogens with one attached hydrogen (secondary N) is 3. The lowest BCUT2D eigenvalue weighted by Crippen LogP contribution is -2.60. The van der Waals surface area contributed by atoms with Gasteiger partial charge in [-0.1, -0.05) is 30.3 Å². The normalized spacial score (nSPS) is 30.3. The molecule has 266 valence electrons. The Labute approximate surface area is 288 Å². The Hall–Kier alpha value is -2.85. The first kappa shape index (κ1) is 35.0. The largest absolute Gasteiger partial charge is 0.381 e. The molecule has 5 aliphatic rings. The van der Waals surface area contributed by atoms with Crippen LogP contribution >= 0.6 is 0 Å². The maximum atomic E-state index is 13.9. The highest BCUT2D eigenvalue weighted by molar-refractivity contribution is 5.80. The Morgan fingerprint density at radius 2 is 1.56 bits per heavy atom. The van der Waals surface area contributed by atoms with Gasteiger partial charge in [0, 0.05) is 69.0 Å². The highest BCUT2D eigenvalue weighted by atomic mass is 16.5. The first-order chi connectivity index (χ1) is 23.1. The number of carbonyl (C=O) groups is 3. The standard InChI is InChI=1S/C38H60N6O4/c1-26(2)39-36(46)40-31-12-10-30(11-13-31)35(45)41-34(29-8-6-5-7-9-29)16-19-43-32-14-15-33(43)23-38(22-32)25-42(37(47)44(38)27(3)4)24-28-17-20-48-21-18-28/h5-9,26-28,30-34H,10-25H2,1-4H3,(H,41,45)(H2,39,40,46)/t30-,31-,32?,33?,34-,38?/m0/s1. The van der Waals surface area contributed by atoms with Gasteiger partial charge in [0.2, 0.25) is 5.91 Å². The van der Waals surface area contributed by atoms with Gasteiger partial charge in [0.25, 0.3) is 0 Å². The number of rotatable bonds is 11. The van der Waals surface area contributed by atoms with E-state index in [0.717, 1.165) is 96.2 Å². The van der Waals surface area contributed by atoms with Crippen LogP contribution in [0.25, 0.3) is 0 Å². The Kier molecular flexibility index (Phi) is 11.2. The molecule has 1 spiro atoms. The molecule has 1 aromatic rings. The quantitative estimate of drug-likeness (QED) is 0.292. The first-order valence-corrected chi connectivity index (χ1v) is 19.0. The molecule has 2 bridgehead atoms. The Morgan fingerprint density at radius 1 is 0.896 bits per heavy atom. The highest BCUT2D eigenvalue weighted by Gasteiger charge is 2.57. The predicted octanol–water partition coefficient (Wildman–Crippen LogP) is 5.44. The van der Waals surface area contributed by atoms with Crippen LogP contribution < -0.4 is 16.0 Å². The lowest BCUT2D eigenvalue weighted by molar-refractivity contribution is -0.126. The molecular formula is C38H60N6O4. The molecule has 3 N–H and O–H groups in total. The van der Waals surface area contributed by atoms with Gasteiger partial charge < -0.3 is 30.5 Å². The van der Waals surface area contributed by atoms with Crippen molar-refractivity contribution in [2.24, 2.45) is 11.8 Å². The van der Waals surface area contributed by atoms with E-state index in [2.05, 4.69) is 68.8 Å². The molecule has 48 heavy (non-hydrogen) atoms. The van der Waals surface area contributed by atoms with Gasteiger partial charge in [0.15, 0.2) is 0 Å². The molecule has 3 atom stereocenters. The van der Waals surface area contributed by atoms with Crippen LogP contribution in [0.4, 0.5) is 9.59 Å². The van der Waals surface area contributed by atoms with Crippen LogP contribution in [0, 0.1) is 11.8 Å². The van der Waals surface area contributed by atoms with Crippen LogP contribution in [0.1, 0.15) is 110 Å². The molecule has 2 unspecified atom stereocenters. The van der Waals surface area contributed by atoms with Crippen LogP contribution in [0.2, 0.25) is 0 Å². The summed E-state index contributed by atoms with van der Waals surface area (Å²) in [7, 11) is 0. The van der Waals surface area contributed by atoms with E-state index in [0.29, 0.717) is 18.0 Å². The summed E-state index contributed by atoms with van der Waals surface area (Å²) in [5, 5.41) is 9.45.